The van der Waals surface area contributed by atoms with Gasteiger partial charge in [0.15, 0.2) is 6.61 Å². The lowest BCUT2D eigenvalue weighted by Crippen LogP contribution is -2.21. The third-order valence-corrected chi connectivity index (χ3v) is 4.18. The van der Waals surface area contributed by atoms with E-state index < -0.39 is 24.3 Å². The minimum absolute atomic E-state index is 0.0111. The number of nitrogens with one attached hydrogen (secondary N) is 1. The molecule has 2 aromatic rings. The molecule has 1 aromatic carbocycles. The fourth-order valence-corrected chi connectivity index (χ4v) is 2.79. The lowest BCUT2D eigenvalue weighted by Gasteiger charge is -2.07. The maximum absolute atomic E-state index is 13.5. The van der Waals surface area contributed by atoms with E-state index in [-0.39, 0.29) is 11.3 Å². The second-order valence-corrected chi connectivity index (χ2v) is 6.25. The van der Waals surface area contributed by atoms with Crippen molar-refractivity contribution in [2.24, 2.45) is 0 Å². The van der Waals surface area contributed by atoms with E-state index in [1.165, 1.54) is 24.3 Å². The first-order valence-corrected chi connectivity index (χ1v) is 8.87. The van der Waals surface area contributed by atoms with Gasteiger partial charge in [0.05, 0.1) is 5.69 Å². The van der Waals surface area contributed by atoms with Gasteiger partial charge in [0.25, 0.3) is 5.91 Å². The molecule has 0 saturated heterocycles. The highest BCUT2D eigenvalue weighted by atomic mass is 19.1. The van der Waals surface area contributed by atoms with Crippen LogP contribution in [-0.2, 0) is 20.9 Å². The highest BCUT2D eigenvalue weighted by Gasteiger charge is 2.16. The minimum atomic E-state index is -0.911. The van der Waals surface area contributed by atoms with Crippen molar-refractivity contribution >= 4 is 23.6 Å². The average molecular weight is 383 g/mol. The van der Waals surface area contributed by atoms with Gasteiger partial charge in [-0.25, -0.2) is 9.18 Å². The molecular weight excluding hydrogens is 361 g/mol. The van der Waals surface area contributed by atoms with Crippen LogP contribution in [0.1, 0.15) is 30.3 Å². The van der Waals surface area contributed by atoms with Gasteiger partial charge in [-0.05, 0) is 50.1 Å². The third kappa shape index (κ3) is 5.07. The van der Waals surface area contributed by atoms with Gasteiger partial charge in [-0.1, -0.05) is 19.1 Å². The number of hydrogen-bond donors (Lipinski definition) is 1. The van der Waals surface area contributed by atoms with Crippen molar-refractivity contribution in [3.05, 3.63) is 58.7 Å². The molecular formula is C21H22FN3O3. The van der Waals surface area contributed by atoms with Gasteiger partial charge in [-0.15, -0.1) is 0 Å². The molecule has 0 saturated carbocycles. The van der Waals surface area contributed by atoms with E-state index in [1.807, 2.05) is 19.9 Å². The van der Waals surface area contributed by atoms with Crippen molar-refractivity contribution in [2.45, 2.75) is 33.7 Å². The van der Waals surface area contributed by atoms with Crippen LogP contribution < -0.4 is 5.32 Å². The van der Waals surface area contributed by atoms with Crippen LogP contribution in [0.2, 0.25) is 0 Å². The van der Waals surface area contributed by atoms with Crippen LogP contribution in [0.3, 0.4) is 0 Å². The van der Waals surface area contributed by atoms with Gasteiger partial charge in [0.1, 0.15) is 17.5 Å². The number of hydrogen-bond acceptors (Lipinski definition) is 4. The first-order valence-electron chi connectivity index (χ1n) is 8.87. The number of ether oxygens (including phenoxy) is 1. The van der Waals surface area contributed by atoms with Gasteiger partial charge in [0, 0.05) is 17.9 Å². The second kappa shape index (κ2) is 9.51. The number of nitrogens with zero attached hydrogens (tertiary/aromatic N) is 2. The van der Waals surface area contributed by atoms with Crippen molar-refractivity contribution in [3.63, 3.8) is 0 Å². The number of benzene rings is 1. The Morgan fingerprint density at radius 2 is 2.04 bits per heavy atom. The normalized spacial score (nSPS) is 11.0. The van der Waals surface area contributed by atoms with Gasteiger partial charge in [0.2, 0.25) is 0 Å². The Labute approximate surface area is 163 Å². The summed E-state index contributed by atoms with van der Waals surface area (Å²) in [6.45, 7) is 6.15. The standard InChI is InChI=1S/C21H22FN3O3/c1-4-9-25-14(2)10-16(15(25)3)11-17(12-23)21(27)28-13-20(26)24-19-8-6-5-7-18(19)22/h5-8,10-11H,4,9,13H2,1-3H3,(H,24,26)/b17-11-. The zero-order valence-electron chi connectivity index (χ0n) is 16.1. The van der Waals surface area contributed by atoms with Crippen molar-refractivity contribution in [1.29, 1.82) is 5.26 Å². The van der Waals surface area contributed by atoms with E-state index in [9.17, 15) is 19.2 Å². The zero-order chi connectivity index (χ0) is 20.7. The summed E-state index contributed by atoms with van der Waals surface area (Å²) in [6, 6.07) is 9.35. The predicted octanol–water partition coefficient (Wildman–Crippen LogP) is 3.74. The molecule has 0 fully saturated rings. The number of rotatable bonds is 7. The number of aryl methyl sites for hydroxylation is 1. The highest BCUT2D eigenvalue weighted by molar-refractivity contribution is 6.00. The summed E-state index contributed by atoms with van der Waals surface area (Å²) in [4.78, 5) is 24.0. The van der Waals surface area contributed by atoms with Gasteiger partial charge in [-0.3, -0.25) is 4.79 Å². The smallest absolute Gasteiger partial charge is 0.349 e. The number of carbonyl (C=O) groups excluding carboxylic acids is 2. The monoisotopic (exact) mass is 383 g/mol. The molecule has 0 bridgehead atoms. The summed E-state index contributed by atoms with van der Waals surface area (Å²) in [7, 11) is 0. The maximum Gasteiger partial charge on any atom is 0.349 e. The van der Waals surface area contributed by atoms with E-state index in [2.05, 4.69) is 16.8 Å². The number of anilines is 1. The first kappa shape index (κ1) is 20.9. The van der Waals surface area contributed by atoms with E-state index in [0.717, 1.165) is 29.9 Å². The van der Waals surface area contributed by atoms with Crippen LogP contribution in [0, 0.1) is 31.0 Å². The third-order valence-electron chi connectivity index (χ3n) is 4.18. The molecule has 0 radical (unpaired) electrons. The summed E-state index contributed by atoms with van der Waals surface area (Å²) >= 11 is 0. The SMILES string of the molecule is CCCn1c(C)cc(/C=C(/C#N)C(=O)OCC(=O)Nc2ccccc2F)c1C. The molecule has 0 aliphatic heterocycles. The summed E-state index contributed by atoms with van der Waals surface area (Å²) in [5.41, 5.74) is 2.49. The number of esters is 1. The molecule has 146 valence electrons. The summed E-state index contributed by atoms with van der Waals surface area (Å²) in [5.74, 6) is -2.20. The van der Waals surface area contributed by atoms with Gasteiger partial charge in [-0.2, -0.15) is 5.26 Å². The fraction of sp³-hybridized carbons (Fsp3) is 0.286. The number of aromatic nitrogens is 1. The molecule has 2 rings (SSSR count). The predicted molar refractivity (Wildman–Crippen MR) is 104 cm³/mol. The molecule has 1 heterocycles. The average Bonchev–Trinajstić information content (AvgIpc) is 2.93. The van der Waals surface area contributed by atoms with Gasteiger partial charge >= 0.3 is 5.97 Å². The van der Waals surface area contributed by atoms with Crippen LogP contribution in [-0.4, -0.2) is 23.1 Å². The van der Waals surface area contributed by atoms with E-state index >= 15 is 0 Å². The molecule has 0 aliphatic carbocycles. The minimum Gasteiger partial charge on any atom is -0.451 e. The molecule has 1 aromatic heterocycles. The maximum atomic E-state index is 13.5. The molecule has 1 N–H and O–H groups in total. The quantitative estimate of drug-likeness (QED) is 0.448. The number of nitriles is 1. The zero-order valence-corrected chi connectivity index (χ0v) is 16.1. The Balaban J connectivity index is 2.05. The fourth-order valence-electron chi connectivity index (χ4n) is 2.79. The lowest BCUT2D eigenvalue weighted by molar-refractivity contribution is -0.142. The van der Waals surface area contributed by atoms with Crippen LogP contribution in [0.5, 0.6) is 0 Å². The summed E-state index contributed by atoms with van der Waals surface area (Å²) in [6.07, 6.45) is 2.41. The molecule has 28 heavy (non-hydrogen) atoms. The summed E-state index contributed by atoms with van der Waals surface area (Å²) in [5, 5.41) is 11.6. The lowest BCUT2D eigenvalue weighted by atomic mass is 10.1. The van der Waals surface area contributed by atoms with Crippen LogP contribution in [0.25, 0.3) is 6.08 Å². The highest BCUT2D eigenvalue weighted by Crippen LogP contribution is 2.19. The van der Waals surface area contributed by atoms with Crippen LogP contribution >= 0.6 is 0 Å². The second-order valence-electron chi connectivity index (χ2n) is 6.25. The van der Waals surface area contributed by atoms with Crippen molar-refractivity contribution in [1.82, 2.24) is 4.57 Å². The topological polar surface area (TPSA) is 84.1 Å². The molecule has 6 nitrogen and oxygen atoms in total. The molecule has 0 aliphatic rings. The van der Waals surface area contributed by atoms with Crippen molar-refractivity contribution in [3.8, 4) is 6.07 Å². The molecule has 0 unspecified atom stereocenters. The largest absolute Gasteiger partial charge is 0.451 e. The Bertz CT molecular complexity index is 954. The summed E-state index contributed by atoms with van der Waals surface area (Å²) < 4.78 is 20.5. The van der Waals surface area contributed by atoms with Crippen molar-refractivity contribution < 1.29 is 18.7 Å². The molecule has 0 atom stereocenters. The van der Waals surface area contributed by atoms with Crippen LogP contribution in [0.4, 0.5) is 10.1 Å². The number of halogens is 1. The number of para-hydroxylation sites is 1. The molecule has 7 heteroatoms. The van der Waals surface area contributed by atoms with E-state index in [0.29, 0.717) is 0 Å². The molecule has 1 amide bonds. The Kier molecular flexibility index (Phi) is 7.10. The van der Waals surface area contributed by atoms with E-state index in [1.54, 1.807) is 12.1 Å². The Morgan fingerprint density at radius 1 is 1.32 bits per heavy atom. The first-order chi connectivity index (χ1) is 13.4. The van der Waals surface area contributed by atoms with E-state index in [4.69, 9.17) is 4.74 Å². The number of amides is 1. The Morgan fingerprint density at radius 3 is 2.68 bits per heavy atom. The Hall–Kier alpha value is -3.40. The van der Waals surface area contributed by atoms with Crippen LogP contribution in [0.15, 0.2) is 35.9 Å². The van der Waals surface area contributed by atoms with Gasteiger partial charge < -0.3 is 14.6 Å². The number of carbonyl (C=O) groups is 2. The van der Waals surface area contributed by atoms with Crippen molar-refractivity contribution in [2.75, 3.05) is 11.9 Å². The molecule has 0 spiro atoms.